The van der Waals surface area contributed by atoms with E-state index in [1.165, 1.54) is 42.8 Å². The standard InChI is InChI=1S/C16H22N4O2/c21-13(10-19-7-3-1-2-4-8-19)11-20-12-18-15-5-6-17-9-14(15)16(20)22/h5-6,9,12-13,21H,1-4,7-8,10-11H2. The average Bonchev–Trinajstić information content (AvgIpc) is 2.79. The molecule has 1 saturated heterocycles. The zero-order valence-electron chi connectivity index (χ0n) is 12.7. The highest BCUT2D eigenvalue weighted by atomic mass is 16.3. The van der Waals surface area contributed by atoms with Gasteiger partial charge in [-0.15, -0.1) is 0 Å². The van der Waals surface area contributed by atoms with Gasteiger partial charge >= 0.3 is 0 Å². The summed E-state index contributed by atoms with van der Waals surface area (Å²) in [5.74, 6) is 0. The number of nitrogens with zero attached hydrogens (tertiary/aromatic N) is 4. The van der Waals surface area contributed by atoms with E-state index in [9.17, 15) is 9.90 Å². The molecule has 118 valence electrons. The maximum atomic E-state index is 12.4. The van der Waals surface area contributed by atoms with Crippen molar-refractivity contribution in [1.29, 1.82) is 0 Å². The van der Waals surface area contributed by atoms with Crippen molar-refractivity contribution >= 4 is 10.9 Å². The Kier molecular flexibility index (Phi) is 4.80. The Bertz CT molecular complexity index is 677. The molecule has 1 N–H and O–H groups in total. The fourth-order valence-electron chi connectivity index (χ4n) is 3.04. The molecule has 1 atom stereocenters. The summed E-state index contributed by atoms with van der Waals surface area (Å²) >= 11 is 0. The van der Waals surface area contributed by atoms with Gasteiger partial charge in [0, 0.05) is 18.9 Å². The van der Waals surface area contributed by atoms with Crippen LogP contribution in [-0.2, 0) is 6.54 Å². The van der Waals surface area contributed by atoms with Crippen molar-refractivity contribution < 1.29 is 5.11 Å². The lowest BCUT2D eigenvalue weighted by atomic mass is 10.2. The number of rotatable bonds is 4. The van der Waals surface area contributed by atoms with Gasteiger partial charge in [-0.2, -0.15) is 0 Å². The first-order valence-corrected chi connectivity index (χ1v) is 7.93. The molecule has 0 saturated carbocycles. The third kappa shape index (κ3) is 3.51. The number of aromatic nitrogens is 3. The van der Waals surface area contributed by atoms with Gasteiger partial charge in [-0.1, -0.05) is 12.8 Å². The molecule has 6 nitrogen and oxygen atoms in total. The highest BCUT2D eigenvalue weighted by Gasteiger charge is 2.15. The van der Waals surface area contributed by atoms with Gasteiger partial charge in [0.15, 0.2) is 0 Å². The molecule has 2 aromatic heterocycles. The van der Waals surface area contributed by atoms with Crippen LogP contribution in [0.4, 0.5) is 0 Å². The molecule has 1 aliphatic heterocycles. The van der Waals surface area contributed by atoms with E-state index >= 15 is 0 Å². The predicted molar refractivity (Wildman–Crippen MR) is 84.7 cm³/mol. The Balaban J connectivity index is 1.69. The normalized spacial score (nSPS) is 18.2. The van der Waals surface area contributed by atoms with Crippen LogP contribution in [-0.4, -0.2) is 50.3 Å². The highest BCUT2D eigenvalue weighted by Crippen LogP contribution is 2.10. The van der Waals surface area contributed by atoms with Crippen LogP contribution in [0.15, 0.2) is 29.6 Å². The molecule has 2 aromatic rings. The van der Waals surface area contributed by atoms with Gasteiger partial charge in [0.1, 0.15) is 0 Å². The van der Waals surface area contributed by atoms with E-state index in [0.717, 1.165) is 13.1 Å². The number of pyridine rings is 1. The van der Waals surface area contributed by atoms with Crippen LogP contribution in [0.5, 0.6) is 0 Å². The summed E-state index contributed by atoms with van der Waals surface area (Å²) in [5, 5.41) is 10.8. The van der Waals surface area contributed by atoms with Gasteiger partial charge in [0.2, 0.25) is 0 Å². The van der Waals surface area contributed by atoms with Crippen molar-refractivity contribution in [1.82, 2.24) is 19.4 Å². The van der Waals surface area contributed by atoms with E-state index in [0.29, 0.717) is 17.4 Å². The van der Waals surface area contributed by atoms with E-state index in [1.807, 2.05) is 0 Å². The number of hydrogen-bond donors (Lipinski definition) is 1. The van der Waals surface area contributed by atoms with E-state index in [1.54, 1.807) is 12.3 Å². The van der Waals surface area contributed by atoms with Crippen molar-refractivity contribution in [2.45, 2.75) is 38.3 Å². The predicted octanol–water partition coefficient (Wildman–Crippen LogP) is 1.03. The molecule has 6 heteroatoms. The third-order valence-electron chi connectivity index (χ3n) is 4.20. The van der Waals surface area contributed by atoms with E-state index in [2.05, 4.69) is 14.9 Å². The Labute approximate surface area is 129 Å². The fourth-order valence-corrected chi connectivity index (χ4v) is 3.04. The highest BCUT2D eigenvalue weighted by molar-refractivity contribution is 5.75. The van der Waals surface area contributed by atoms with Crippen LogP contribution in [0.25, 0.3) is 10.9 Å². The molecule has 0 aromatic carbocycles. The maximum Gasteiger partial charge on any atom is 0.262 e. The van der Waals surface area contributed by atoms with Crippen LogP contribution in [0.2, 0.25) is 0 Å². The van der Waals surface area contributed by atoms with E-state index < -0.39 is 6.10 Å². The molecular formula is C16H22N4O2. The smallest absolute Gasteiger partial charge is 0.262 e. The second-order valence-electron chi connectivity index (χ2n) is 5.96. The van der Waals surface area contributed by atoms with E-state index in [-0.39, 0.29) is 12.1 Å². The molecule has 1 aliphatic rings. The summed E-state index contributed by atoms with van der Waals surface area (Å²) in [6.07, 6.45) is 9.02. The Morgan fingerprint density at radius 1 is 1.18 bits per heavy atom. The molecule has 1 unspecified atom stereocenters. The molecule has 3 heterocycles. The van der Waals surface area contributed by atoms with Crippen LogP contribution in [0, 0.1) is 0 Å². The average molecular weight is 302 g/mol. The summed E-state index contributed by atoms with van der Waals surface area (Å²) in [5.41, 5.74) is 0.492. The lowest BCUT2D eigenvalue weighted by molar-refractivity contribution is 0.0986. The Morgan fingerprint density at radius 2 is 1.95 bits per heavy atom. The Morgan fingerprint density at radius 3 is 2.73 bits per heavy atom. The molecule has 0 aliphatic carbocycles. The fraction of sp³-hybridized carbons (Fsp3) is 0.562. The number of aliphatic hydroxyl groups is 1. The van der Waals surface area contributed by atoms with Gasteiger partial charge in [-0.3, -0.25) is 14.3 Å². The second kappa shape index (κ2) is 6.98. The van der Waals surface area contributed by atoms with Crippen molar-refractivity contribution in [3.63, 3.8) is 0 Å². The van der Waals surface area contributed by atoms with Crippen molar-refractivity contribution in [3.05, 3.63) is 35.1 Å². The molecule has 3 rings (SSSR count). The van der Waals surface area contributed by atoms with Gasteiger partial charge in [0.25, 0.3) is 5.56 Å². The number of likely N-dealkylation sites (tertiary alicyclic amines) is 1. The van der Waals surface area contributed by atoms with Crippen LogP contribution in [0.3, 0.4) is 0 Å². The van der Waals surface area contributed by atoms with Gasteiger partial charge in [-0.05, 0) is 32.0 Å². The van der Waals surface area contributed by atoms with Gasteiger partial charge in [-0.25, -0.2) is 4.98 Å². The maximum absolute atomic E-state index is 12.4. The number of hydrogen-bond acceptors (Lipinski definition) is 5. The summed E-state index contributed by atoms with van der Waals surface area (Å²) in [4.78, 5) is 22.9. The topological polar surface area (TPSA) is 71.2 Å². The first kappa shape index (κ1) is 15.1. The summed E-state index contributed by atoms with van der Waals surface area (Å²) in [6, 6.07) is 1.72. The van der Waals surface area contributed by atoms with Crippen LogP contribution >= 0.6 is 0 Å². The van der Waals surface area contributed by atoms with E-state index in [4.69, 9.17) is 0 Å². The quantitative estimate of drug-likeness (QED) is 0.913. The van der Waals surface area contributed by atoms with Crippen molar-refractivity contribution in [2.75, 3.05) is 19.6 Å². The summed E-state index contributed by atoms with van der Waals surface area (Å²) in [6.45, 7) is 2.95. The monoisotopic (exact) mass is 302 g/mol. The van der Waals surface area contributed by atoms with Gasteiger partial charge in [0.05, 0.1) is 29.9 Å². The van der Waals surface area contributed by atoms with Crippen LogP contribution < -0.4 is 5.56 Å². The molecule has 22 heavy (non-hydrogen) atoms. The van der Waals surface area contributed by atoms with Crippen molar-refractivity contribution in [2.24, 2.45) is 0 Å². The van der Waals surface area contributed by atoms with Crippen LogP contribution in [0.1, 0.15) is 25.7 Å². The molecule has 0 radical (unpaired) electrons. The lowest BCUT2D eigenvalue weighted by Crippen LogP contribution is -2.37. The molecule has 1 fully saturated rings. The second-order valence-corrected chi connectivity index (χ2v) is 5.96. The minimum atomic E-state index is -0.563. The van der Waals surface area contributed by atoms with Gasteiger partial charge < -0.3 is 10.0 Å². The number of aliphatic hydroxyl groups excluding tert-OH is 1. The first-order chi connectivity index (χ1) is 10.7. The molecule has 0 bridgehead atoms. The zero-order chi connectivity index (χ0) is 15.4. The lowest BCUT2D eigenvalue weighted by Gasteiger charge is -2.23. The largest absolute Gasteiger partial charge is 0.390 e. The third-order valence-corrected chi connectivity index (χ3v) is 4.20. The minimum absolute atomic E-state index is 0.145. The summed E-state index contributed by atoms with van der Waals surface area (Å²) < 4.78 is 1.48. The summed E-state index contributed by atoms with van der Waals surface area (Å²) in [7, 11) is 0. The van der Waals surface area contributed by atoms with Crippen molar-refractivity contribution in [3.8, 4) is 0 Å². The zero-order valence-corrected chi connectivity index (χ0v) is 12.7. The molecule has 0 spiro atoms. The molecular weight excluding hydrogens is 280 g/mol. The number of β-amino-alcohol motifs (C(OH)–C–C–N with tert-alkyl or cyclic N) is 1. The first-order valence-electron chi connectivity index (χ1n) is 7.93. The molecule has 0 amide bonds. The number of fused-ring (bicyclic) bond motifs is 1. The minimum Gasteiger partial charge on any atom is -0.390 e. The SMILES string of the molecule is O=c1c2cnccc2ncn1CC(O)CN1CCCCCC1. The Hall–Kier alpha value is -1.79.